The average molecular weight is 365 g/mol. The molecule has 2 aromatic rings. The zero-order chi connectivity index (χ0) is 18.0. The van der Waals surface area contributed by atoms with Crippen LogP contribution in [0.1, 0.15) is 48.9 Å². The van der Waals surface area contributed by atoms with Gasteiger partial charge in [0.25, 0.3) is 0 Å². The predicted octanol–water partition coefficient (Wildman–Crippen LogP) is 5.55. The Balaban J connectivity index is 1.66. The van der Waals surface area contributed by atoms with Gasteiger partial charge in [-0.15, -0.1) is 0 Å². The van der Waals surface area contributed by atoms with Crippen molar-refractivity contribution in [2.45, 2.75) is 37.8 Å². The summed E-state index contributed by atoms with van der Waals surface area (Å²) >= 11 is 4.44. The first-order chi connectivity index (χ1) is 12.9. The molecule has 26 heavy (non-hydrogen) atoms. The minimum absolute atomic E-state index is 0.110. The Labute approximate surface area is 163 Å². The molecule has 2 atom stereocenters. The van der Waals surface area contributed by atoms with Gasteiger partial charge in [-0.2, -0.15) is 0 Å². The monoisotopic (exact) mass is 364 g/mol. The number of benzene rings is 2. The van der Waals surface area contributed by atoms with E-state index in [4.69, 9.17) is 0 Å². The number of hydrogen-bond donors (Lipinski definition) is 3. The Hall–Kier alpha value is -1.81. The van der Waals surface area contributed by atoms with E-state index in [9.17, 15) is 0 Å². The molecule has 0 saturated carbocycles. The molecule has 3 heteroatoms. The van der Waals surface area contributed by atoms with Gasteiger partial charge in [-0.1, -0.05) is 97.3 Å². The molecule has 1 aliphatic carbocycles. The van der Waals surface area contributed by atoms with Crippen molar-refractivity contribution >= 4 is 12.8 Å². The molecule has 0 spiro atoms. The molecule has 0 radical (unpaired) electrons. The predicted molar refractivity (Wildman–Crippen MR) is 114 cm³/mol. The molecule has 3 rings (SSSR count). The Bertz CT molecular complexity index is 710. The van der Waals surface area contributed by atoms with E-state index in [1.54, 1.807) is 5.57 Å². The summed E-state index contributed by atoms with van der Waals surface area (Å²) < 4.78 is 3.22. The molecule has 2 N–H and O–H groups in total. The number of hydrogen-bond acceptors (Lipinski definition) is 3. The maximum absolute atomic E-state index is 4.44. The first-order valence-electron chi connectivity index (χ1n) is 9.44. The summed E-state index contributed by atoms with van der Waals surface area (Å²) in [5.74, 6) is 0. The number of thiol groups is 1. The lowest BCUT2D eigenvalue weighted by Crippen LogP contribution is -2.32. The van der Waals surface area contributed by atoms with Crippen molar-refractivity contribution in [3.8, 4) is 0 Å². The van der Waals surface area contributed by atoms with Crippen LogP contribution in [0.2, 0.25) is 0 Å². The number of rotatable bonds is 9. The summed E-state index contributed by atoms with van der Waals surface area (Å²) in [5.41, 5.74) is 4.09. The van der Waals surface area contributed by atoms with Crippen molar-refractivity contribution in [3.63, 3.8) is 0 Å². The summed E-state index contributed by atoms with van der Waals surface area (Å²) in [7, 11) is 0. The van der Waals surface area contributed by atoms with E-state index in [1.165, 1.54) is 17.5 Å². The smallest absolute Gasteiger partial charge is 0.0614 e. The molecule has 1 aliphatic rings. The van der Waals surface area contributed by atoms with E-state index < -0.39 is 0 Å². The van der Waals surface area contributed by atoms with Crippen molar-refractivity contribution in [2.24, 2.45) is 0 Å². The van der Waals surface area contributed by atoms with Crippen LogP contribution in [-0.4, -0.2) is 6.54 Å². The van der Waals surface area contributed by atoms with Gasteiger partial charge in [0.1, 0.15) is 0 Å². The van der Waals surface area contributed by atoms with E-state index in [1.807, 2.05) is 0 Å². The minimum Gasteiger partial charge on any atom is -0.308 e. The molecule has 0 heterocycles. The lowest BCUT2D eigenvalue weighted by molar-refractivity contribution is 0.432. The molecule has 0 bridgehead atoms. The molecular formula is C23H28N2S. The molecule has 0 amide bonds. The van der Waals surface area contributed by atoms with Crippen LogP contribution in [0.25, 0.3) is 0 Å². The lowest BCUT2D eigenvalue weighted by Gasteiger charge is -2.28. The molecule has 136 valence electrons. The highest BCUT2D eigenvalue weighted by Crippen LogP contribution is 2.29. The third-order valence-corrected chi connectivity index (χ3v) is 5.20. The molecule has 0 unspecified atom stereocenters. The van der Waals surface area contributed by atoms with Gasteiger partial charge in [0, 0.05) is 0 Å². The normalized spacial score (nSPS) is 16.1. The second-order valence-electron chi connectivity index (χ2n) is 6.74. The van der Waals surface area contributed by atoms with Crippen molar-refractivity contribution in [1.82, 2.24) is 10.0 Å². The van der Waals surface area contributed by atoms with Crippen LogP contribution in [0.5, 0.6) is 0 Å². The topological polar surface area (TPSA) is 24.1 Å². The third-order valence-electron chi connectivity index (χ3n) is 4.92. The highest BCUT2D eigenvalue weighted by Gasteiger charge is 2.23. The second-order valence-corrected chi connectivity index (χ2v) is 7.00. The highest BCUT2D eigenvalue weighted by molar-refractivity contribution is 7.78. The highest BCUT2D eigenvalue weighted by atomic mass is 32.1. The Morgan fingerprint density at radius 2 is 1.50 bits per heavy atom. The second kappa shape index (κ2) is 10.4. The first kappa shape index (κ1) is 19.0. The molecule has 2 aromatic carbocycles. The SMILES string of the molecule is SN[C@@H](c1ccccc1)[C@@H](NCCCC1=CCC=CC1)c1ccccc1. The van der Waals surface area contributed by atoms with E-state index in [2.05, 4.69) is 102 Å². The van der Waals surface area contributed by atoms with E-state index in [-0.39, 0.29) is 12.1 Å². The van der Waals surface area contributed by atoms with Gasteiger partial charge in [-0.25, -0.2) is 0 Å². The fourth-order valence-electron chi connectivity index (χ4n) is 3.52. The van der Waals surface area contributed by atoms with Crippen LogP contribution < -0.4 is 10.0 Å². The third kappa shape index (κ3) is 5.34. The molecule has 0 saturated heterocycles. The molecular weight excluding hydrogens is 336 g/mol. The standard InChI is InChI=1S/C23H28N2S/c26-25-23(21-16-8-3-9-17-21)22(20-14-6-2-7-15-20)24-18-10-13-19-11-4-1-5-12-19/h1-4,6-9,12,14-17,22-26H,5,10-11,13,18H2/t22-,23-/m0/s1. The zero-order valence-corrected chi connectivity index (χ0v) is 16.0. The van der Waals surface area contributed by atoms with Crippen molar-refractivity contribution < 1.29 is 0 Å². The average Bonchev–Trinajstić information content (AvgIpc) is 2.72. The summed E-state index contributed by atoms with van der Waals surface area (Å²) in [5, 5.41) is 3.77. The Morgan fingerprint density at radius 1 is 0.846 bits per heavy atom. The van der Waals surface area contributed by atoms with Gasteiger partial charge in [-0.3, -0.25) is 4.72 Å². The summed E-state index contributed by atoms with van der Waals surface area (Å²) in [6.45, 7) is 0.986. The van der Waals surface area contributed by atoms with Gasteiger partial charge < -0.3 is 5.32 Å². The van der Waals surface area contributed by atoms with Gasteiger partial charge >= 0.3 is 0 Å². The summed E-state index contributed by atoms with van der Waals surface area (Å²) in [6, 6.07) is 21.5. The Morgan fingerprint density at radius 3 is 2.08 bits per heavy atom. The van der Waals surface area contributed by atoms with Crippen molar-refractivity contribution in [3.05, 3.63) is 95.6 Å². The minimum atomic E-state index is 0.110. The molecule has 0 aromatic heterocycles. The first-order valence-corrected chi connectivity index (χ1v) is 9.89. The quantitative estimate of drug-likeness (QED) is 0.309. The fourth-order valence-corrected chi connectivity index (χ4v) is 3.81. The van der Waals surface area contributed by atoms with Crippen LogP contribution >= 0.6 is 12.8 Å². The summed E-state index contributed by atoms with van der Waals surface area (Å²) in [4.78, 5) is 0. The molecule has 2 nitrogen and oxygen atoms in total. The lowest BCUT2D eigenvalue weighted by atomic mass is 9.93. The van der Waals surface area contributed by atoms with Gasteiger partial charge in [-0.05, 0) is 43.4 Å². The van der Waals surface area contributed by atoms with Crippen LogP contribution in [0.15, 0.2) is 84.5 Å². The summed E-state index contributed by atoms with van der Waals surface area (Å²) in [6.07, 6.45) is 11.4. The van der Waals surface area contributed by atoms with Crippen molar-refractivity contribution in [1.29, 1.82) is 0 Å². The van der Waals surface area contributed by atoms with Gasteiger partial charge in [0.05, 0.1) is 12.1 Å². The van der Waals surface area contributed by atoms with Crippen LogP contribution in [0.4, 0.5) is 0 Å². The van der Waals surface area contributed by atoms with E-state index in [0.29, 0.717) is 0 Å². The van der Waals surface area contributed by atoms with E-state index in [0.717, 1.165) is 25.8 Å². The van der Waals surface area contributed by atoms with Gasteiger partial charge in [0.15, 0.2) is 0 Å². The number of nitrogens with one attached hydrogen (secondary N) is 2. The van der Waals surface area contributed by atoms with E-state index >= 15 is 0 Å². The molecule has 0 aliphatic heterocycles. The van der Waals surface area contributed by atoms with Crippen molar-refractivity contribution in [2.75, 3.05) is 6.54 Å². The van der Waals surface area contributed by atoms with Crippen LogP contribution in [0, 0.1) is 0 Å². The van der Waals surface area contributed by atoms with Crippen LogP contribution in [-0.2, 0) is 0 Å². The zero-order valence-electron chi connectivity index (χ0n) is 15.1. The largest absolute Gasteiger partial charge is 0.308 e. The van der Waals surface area contributed by atoms with Gasteiger partial charge in [0.2, 0.25) is 0 Å². The fraction of sp³-hybridized carbons (Fsp3) is 0.304. The maximum Gasteiger partial charge on any atom is 0.0614 e. The Kier molecular flexibility index (Phi) is 7.56. The van der Waals surface area contributed by atoms with Crippen LogP contribution in [0.3, 0.4) is 0 Å². The maximum atomic E-state index is 4.44. The number of allylic oxidation sites excluding steroid dienone is 4. The molecule has 0 fully saturated rings.